The summed E-state index contributed by atoms with van der Waals surface area (Å²) in [4.78, 5) is 2.68. The van der Waals surface area contributed by atoms with Gasteiger partial charge in [0.15, 0.2) is 0 Å². The first kappa shape index (κ1) is 15.5. The monoisotopic (exact) mass is 274 g/mol. The Labute approximate surface area is 124 Å². The smallest absolute Gasteiger partial charge is 0.0278 e. The van der Waals surface area contributed by atoms with Crippen LogP contribution in [0.4, 0.5) is 0 Å². The molecule has 1 saturated heterocycles. The molecule has 0 aliphatic carbocycles. The molecule has 112 valence electrons. The third kappa shape index (κ3) is 3.83. The lowest BCUT2D eigenvalue weighted by molar-refractivity contribution is 0.0450. The Hall–Kier alpha value is -0.860. The summed E-state index contributed by atoms with van der Waals surface area (Å²) in [5.74, 6) is 0. The van der Waals surface area contributed by atoms with E-state index in [1.54, 1.807) is 0 Å². The van der Waals surface area contributed by atoms with Crippen LogP contribution in [0.1, 0.15) is 46.1 Å². The maximum Gasteiger partial charge on any atom is 0.0278 e. The fraction of sp³-hybridized carbons (Fsp3) is 0.667. The molecule has 2 rings (SSSR count). The van der Waals surface area contributed by atoms with Crippen molar-refractivity contribution in [2.75, 3.05) is 19.6 Å². The molecule has 1 aliphatic rings. The first-order valence-electron chi connectivity index (χ1n) is 7.99. The maximum atomic E-state index is 3.68. The predicted molar refractivity (Wildman–Crippen MR) is 87.1 cm³/mol. The second-order valence-corrected chi connectivity index (χ2v) is 7.06. The minimum atomic E-state index is 0.272. The number of piperazine rings is 1. The highest BCUT2D eigenvalue weighted by atomic mass is 15.3. The average molecular weight is 274 g/mol. The van der Waals surface area contributed by atoms with Gasteiger partial charge >= 0.3 is 0 Å². The topological polar surface area (TPSA) is 15.3 Å². The maximum absolute atomic E-state index is 3.68. The summed E-state index contributed by atoms with van der Waals surface area (Å²) >= 11 is 0. The van der Waals surface area contributed by atoms with Crippen molar-refractivity contribution in [3.63, 3.8) is 0 Å². The van der Waals surface area contributed by atoms with Crippen LogP contribution < -0.4 is 5.32 Å². The zero-order chi connectivity index (χ0) is 14.6. The lowest BCUT2D eigenvalue weighted by Crippen LogP contribution is -2.63. The van der Waals surface area contributed by atoms with Gasteiger partial charge in [-0.15, -0.1) is 0 Å². The highest BCUT2D eigenvalue weighted by Gasteiger charge is 2.35. The summed E-state index contributed by atoms with van der Waals surface area (Å²) in [7, 11) is 0. The summed E-state index contributed by atoms with van der Waals surface area (Å²) in [5.41, 5.74) is 2.00. The van der Waals surface area contributed by atoms with Crippen LogP contribution in [0.15, 0.2) is 30.3 Å². The first-order valence-corrected chi connectivity index (χ1v) is 7.99. The summed E-state index contributed by atoms with van der Waals surface area (Å²) in [5, 5.41) is 3.68. The van der Waals surface area contributed by atoms with Crippen molar-refractivity contribution in [3.05, 3.63) is 35.9 Å². The molecule has 2 nitrogen and oxygen atoms in total. The molecule has 0 spiro atoms. The number of rotatable bonds is 5. The third-order valence-electron chi connectivity index (χ3n) is 4.98. The molecule has 1 atom stereocenters. The summed E-state index contributed by atoms with van der Waals surface area (Å²) in [6.45, 7) is 12.9. The number of nitrogens with one attached hydrogen (secondary N) is 1. The van der Waals surface area contributed by atoms with Crippen LogP contribution in [0, 0.1) is 0 Å². The molecule has 1 aromatic carbocycles. The Morgan fingerprint density at radius 3 is 2.60 bits per heavy atom. The summed E-state index contributed by atoms with van der Waals surface area (Å²) in [6, 6.07) is 10.9. The van der Waals surface area contributed by atoms with Gasteiger partial charge in [0.2, 0.25) is 0 Å². The van der Waals surface area contributed by atoms with E-state index in [0.29, 0.717) is 0 Å². The Balaban J connectivity index is 1.95. The minimum Gasteiger partial charge on any atom is -0.309 e. The Morgan fingerprint density at radius 2 is 1.95 bits per heavy atom. The molecule has 0 bridgehead atoms. The molecule has 0 aromatic heterocycles. The number of hydrogen-bond acceptors (Lipinski definition) is 2. The fourth-order valence-corrected chi connectivity index (χ4v) is 3.06. The van der Waals surface area contributed by atoms with Crippen molar-refractivity contribution >= 4 is 0 Å². The minimum absolute atomic E-state index is 0.272. The second kappa shape index (κ2) is 6.28. The number of hydrogen-bond donors (Lipinski definition) is 1. The molecule has 0 amide bonds. The van der Waals surface area contributed by atoms with Crippen molar-refractivity contribution in [2.24, 2.45) is 0 Å². The second-order valence-electron chi connectivity index (χ2n) is 7.06. The van der Waals surface area contributed by atoms with Gasteiger partial charge in [-0.25, -0.2) is 0 Å². The van der Waals surface area contributed by atoms with E-state index in [1.165, 1.54) is 24.8 Å². The predicted octanol–water partition coefficient (Wildman–Crippen LogP) is 3.47. The van der Waals surface area contributed by atoms with Crippen molar-refractivity contribution in [1.29, 1.82) is 0 Å². The van der Waals surface area contributed by atoms with E-state index in [1.807, 2.05) is 0 Å². The van der Waals surface area contributed by atoms with Gasteiger partial charge in [0.25, 0.3) is 0 Å². The lowest BCUT2D eigenvalue weighted by atomic mass is 9.88. The molecular formula is C18H30N2. The molecule has 1 unspecified atom stereocenters. The SMILES string of the molecule is CCC1(C)CN(C(C)(C)CCc2ccccc2)CCN1. The van der Waals surface area contributed by atoms with Crippen molar-refractivity contribution in [2.45, 2.75) is 58.0 Å². The van der Waals surface area contributed by atoms with Crippen LogP contribution in [0.3, 0.4) is 0 Å². The van der Waals surface area contributed by atoms with Gasteiger partial charge < -0.3 is 5.32 Å². The summed E-state index contributed by atoms with van der Waals surface area (Å²) in [6.07, 6.45) is 3.58. The van der Waals surface area contributed by atoms with Gasteiger partial charge in [-0.05, 0) is 45.6 Å². The van der Waals surface area contributed by atoms with Gasteiger partial charge in [-0.3, -0.25) is 4.90 Å². The van der Waals surface area contributed by atoms with Gasteiger partial charge in [0, 0.05) is 30.7 Å². The van der Waals surface area contributed by atoms with E-state index in [2.05, 4.69) is 68.2 Å². The van der Waals surface area contributed by atoms with Crippen LogP contribution in [-0.4, -0.2) is 35.6 Å². The van der Waals surface area contributed by atoms with E-state index in [9.17, 15) is 0 Å². The van der Waals surface area contributed by atoms with Crippen molar-refractivity contribution < 1.29 is 0 Å². The molecule has 2 heteroatoms. The standard InChI is InChI=1S/C18H30N2/c1-5-18(4)15-20(14-13-19-18)17(2,3)12-11-16-9-7-6-8-10-16/h6-10,19H,5,11-15H2,1-4H3. The van der Waals surface area contributed by atoms with E-state index in [4.69, 9.17) is 0 Å². The van der Waals surface area contributed by atoms with Gasteiger partial charge in [0.1, 0.15) is 0 Å². The zero-order valence-electron chi connectivity index (χ0n) is 13.6. The Bertz CT molecular complexity index is 413. The molecule has 1 fully saturated rings. The fourth-order valence-electron chi connectivity index (χ4n) is 3.06. The molecular weight excluding hydrogens is 244 g/mol. The molecule has 1 heterocycles. The molecule has 0 saturated carbocycles. The Kier molecular flexibility index (Phi) is 4.87. The van der Waals surface area contributed by atoms with Gasteiger partial charge in [-0.2, -0.15) is 0 Å². The molecule has 1 N–H and O–H groups in total. The van der Waals surface area contributed by atoms with Crippen LogP contribution in [0.5, 0.6) is 0 Å². The van der Waals surface area contributed by atoms with Gasteiger partial charge in [0.05, 0.1) is 0 Å². The first-order chi connectivity index (χ1) is 9.45. The van der Waals surface area contributed by atoms with E-state index in [-0.39, 0.29) is 11.1 Å². The molecule has 1 aliphatic heterocycles. The van der Waals surface area contributed by atoms with E-state index >= 15 is 0 Å². The molecule has 1 aromatic rings. The van der Waals surface area contributed by atoms with Crippen LogP contribution in [-0.2, 0) is 6.42 Å². The van der Waals surface area contributed by atoms with Gasteiger partial charge in [-0.1, -0.05) is 37.3 Å². The lowest BCUT2D eigenvalue weighted by Gasteiger charge is -2.48. The zero-order valence-corrected chi connectivity index (χ0v) is 13.6. The number of benzene rings is 1. The van der Waals surface area contributed by atoms with E-state index < -0.39 is 0 Å². The van der Waals surface area contributed by atoms with Crippen molar-refractivity contribution in [3.8, 4) is 0 Å². The highest BCUT2D eigenvalue weighted by Crippen LogP contribution is 2.26. The Morgan fingerprint density at radius 1 is 1.25 bits per heavy atom. The normalized spacial score (nSPS) is 24.8. The van der Waals surface area contributed by atoms with Crippen LogP contribution in [0.25, 0.3) is 0 Å². The number of nitrogens with zero attached hydrogens (tertiary/aromatic N) is 1. The highest BCUT2D eigenvalue weighted by molar-refractivity contribution is 5.15. The van der Waals surface area contributed by atoms with Crippen LogP contribution >= 0.6 is 0 Å². The number of aryl methyl sites for hydroxylation is 1. The quantitative estimate of drug-likeness (QED) is 0.884. The molecule has 0 radical (unpaired) electrons. The van der Waals surface area contributed by atoms with Crippen molar-refractivity contribution in [1.82, 2.24) is 10.2 Å². The third-order valence-corrected chi connectivity index (χ3v) is 4.98. The van der Waals surface area contributed by atoms with E-state index in [0.717, 1.165) is 19.6 Å². The van der Waals surface area contributed by atoms with Crippen LogP contribution in [0.2, 0.25) is 0 Å². The molecule has 20 heavy (non-hydrogen) atoms. The summed E-state index contributed by atoms with van der Waals surface area (Å²) < 4.78 is 0. The average Bonchev–Trinajstić information content (AvgIpc) is 2.46. The largest absolute Gasteiger partial charge is 0.309 e.